The molecule has 0 saturated heterocycles. The summed E-state index contributed by atoms with van der Waals surface area (Å²) in [4.78, 5) is 22.9. The first-order valence-corrected chi connectivity index (χ1v) is 23.8. The molecule has 0 aliphatic carbocycles. The van der Waals surface area contributed by atoms with Crippen LogP contribution in [0, 0.1) is 0 Å². The number of phosphoric ester groups is 1. The van der Waals surface area contributed by atoms with Crippen LogP contribution >= 0.6 is 7.82 Å². The molecule has 9 heteroatoms. The van der Waals surface area contributed by atoms with Crippen LogP contribution in [-0.2, 0) is 27.9 Å². The van der Waals surface area contributed by atoms with Crippen LogP contribution < -0.4 is 0 Å². The topological polar surface area (TPSA) is 91.3 Å². The van der Waals surface area contributed by atoms with E-state index in [2.05, 4.69) is 98.9 Å². The average molecular weight is 819 g/mol. The van der Waals surface area contributed by atoms with Gasteiger partial charge in [-0.2, -0.15) is 0 Å². The molecule has 0 aliphatic rings. The number of phosphoric acid groups is 1. The standard InChI is InChI=1S/C48H84NO7P/c1-6-8-10-12-14-16-18-20-22-24-26-28-30-32-34-36-38-40-43-53-45-47(46-55-57(51,52)54-44-42-49(3,4)5)56-48(50)41-39-37-35-33-31-29-27-25-23-21-19-17-15-13-11-9-7-2/h8-11,14-17,20-23,26,28,47H,6-7,12-13,18-19,24-25,27,29-46H2,1-5H3/p+1/b10-8-,11-9-,16-14-,17-15-,22-20-,23-21-,28-26-. The lowest BCUT2D eigenvalue weighted by molar-refractivity contribution is -0.870. The Morgan fingerprint density at radius 3 is 1.44 bits per heavy atom. The number of likely N-dealkylation sites (N-methyl/N-ethyl adjacent to an activating group) is 1. The zero-order valence-electron chi connectivity index (χ0n) is 37.0. The lowest BCUT2D eigenvalue weighted by Crippen LogP contribution is -2.37. The maximum absolute atomic E-state index is 12.7. The average Bonchev–Trinajstić information content (AvgIpc) is 3.16. The summed E-state index contributed by atoms with van der Waals surface area (Å²) < 4.78 is 35.0. The highest BCUT2D eigenvalue weighted by Crippen LogP contribution is 2.43. The van der Waals surface area contributed by atoms with Gasteiger partial charge in [0.15, 0.2) is 0 Å². The van der Waals surface area contributed by atoms with Crippen molar-refractivity contribution in [2.45, 2.75) is 161 Å². The van der Waals surface area contributed by atoms with E-state index in [0.717, 1.165) is 96.3 Å². The molecule has 0 spiro atoms. The summed E-state index contributed by atoms with van der Waals surface area (Å²) in [6, 6.07) is 0. The SMILES string of the molecule is CC/C=C\C/C=C\C/C=C\C/C=C\CCCCCCCOCC(COP(=O)(O)OCC[N+](C)(C)C)OC(=O)CCCCCCCCC/C=C\C/C=C\C/C=C\CC. The van der Waals surface area contributed by atoms with Crippen molar-refractivity contribution < 1.29 is 37.3 Å². The Kier molecular flexibility index (Phi) is 38.8. The summed E-state index contributed by atoms with van der Waals surface area (Å²) in [7, 11) is 1.63. The minimum atomic E-state index is -4.29. The fraction of sp³-hybridized carbons (Fsp3) is 0.688. The molecular weight excluding hydrogens is 734 g/mol. The number of esters is 1. The first-order valence-electron chi connectivity index (χ1n) is 22.3. The second kappa shape index (κ2) is 40.5. The quantitative estimate of drug-likeness (QED) is 0.0216. The number of carbonyl (C=O) groups excluding carboxylic acids is 1. The van der Waals surface area contributed by atoms with E-state index in [-0.39, 0.29) is 25.8 Å². The molecule has 0 radical (unpaired) electrons. The van der Waals surface area contributed by atoms with Crippen LogP contribution in [0.4, 0.5) is 0 Å². The Morgan fingerprint density at radius 2 is 0.965 bits per heavy atom. The molecule has 2 unspecified atom stereocenters. The van der Waals surface area contributed by atoms with E-state index >= 15 is 0 Å². The fourth-order valence-electron chi connectivity index (χ4n) is 5.56. The van der Waals surface area contributed by atoms with Gasteiger partial charge in [-0.1, -0.05) is 150 Å². The van der Waals surface area contributed by atoms with E-state index in [1.54, 1.807) is 0 Å². The summed E-state index contributed by atoms with van der Waals surface area (Å²) in [5.74, 6) is -0.335. The van der Waals surface area contributed by atoms with Crippen molar-refractivity contribution in [1.29, 1.82) is 0 Å². The highest BCUT2D eigenvalue weighted by atomic mass is 31.2. The first-order chi connectivity index (χ1) is 27.6. The fourth-order valence-corrected chi connectivity index (χ4v) is 6.30. The molecule has 0 bridgehead atoms. The molecule has 0 fully saturated rings. The molecule has 2 atom stereocenters. The van der Waals surface area contributed by atoms with Crippen LogP contribution in [0.3, 0.4) is 0 Å². The van der Waals surface area contributed by atoms with Crippen LogP contribution in [0.25, 0.3) is 0 Å². The Balaban J connectivity index is 4.30. The molecule has 0 aromatic rings. The number of carbonyl (C=O) groups is 1. The maximum atomic E-state index is 12.7. The number of rotatable bonds is 40. The van der Waals surface area contributed by atoms with Gasteiger partial charge < -0.3 is 18.9 Å². The van der Waals surface area contributed by atoms with Crippen molar-refractivity contribution in [3.8, 4) is 0 Å². The molecule has 0 rings (SSSR count). The first kappa shape index (κ1) is 54.7. The molecule has 1 N–H and O–H groups in total. The summed E-state index contributed by atoms with van der Waals surface area (Å²) in [6.07, 6.45) is 53.3. The Morgan fingerprint density at radius 1 is 0.544 bits per heavy atom. The van der Waals surface area contributed by atoms with Crippen molar-refractivity contribution in [3.63, 3.8) is 0 Å². The van der Waals surface area contributed by atoms with Crippen LogP contribution in [0.1, 0.15) is 155 Å². The zero-order valence-corrected chi connectivity index (χ0v) is 37.9. The van der Waals surface area contributed by atoms with Gasteiger partial charge in [-0.3, -0.25) is 13.8 Å². The van der Waals surface area contributed by atoms with Gasteiger partial charge in [-0.15, -0.1) is 0 Å². The molecule has 0 amide bonds. The molecule has 328 valence electrons. The third kappa shape index (κ3) is 44.6. The largest absolute Gasteiger partial charge is 0.472 e. The Bertz CT molecular complexity index is 1180. The normalized spacial score (nSPS) is 14.6. The van der Waals surface area contributed by atoms with Crippen LogP contribution in [-0.4, -0.2) is 75.6 Å². The van der Waals surface area contributed by atoms with E-state index in [1.165, 1.54) is 38.5 Å². The molecular formula is C48H85NO7P+. The number of hydrogen-bond donors (Lipinski definition) is 1. The van der Waals surface area contributed by atoms with Crippen molar-refractivity contribution in [2.24, 2.45) is 0 Å². The van der Waals surface area contributed by atoms with Gasteiger partial charge in [0.1, 0.15) is 19.3 Å². The Labute approximate surface area is 350 Å². The number of quaternary nitrogens is 1. The van der Waals surface area contributed by atoms with Gasteiger partial charge in [0.25, 0.3) is 0 Å². The van der Waals surface area contributed by atoms with Crippen molar-refractivity contribution >= 4 is 13.8 Å². The van der Waals surface area contributed by atoms with E-state index < -0.39 is 13.9 Å². The summed E-state index contributed by atoms with van der Waals surface area (Å²) in [5.41, 5.74) is 0. The number of ether oxygens (including phenoxy) is 2. The van der Waals surface area contributed by atoms with Crippen molar-refractivity contribution in [3.05, 3.63) is 85.1 Å². The predicted molar refractivity (Wildman–Crippen MR) is 242 cm³/mol. The monoisotopic (exact) mass is 819 g/mol. The number of allylic oxidation sites excluding steroid dienone is 14. The highest BCUT2D eigenvalue weighted by Gasteiger charge is 2.26. The molecule has 0 heterocycles. The second-order valence-electron chi connectivity index (χ2n) is 15.7. The lowest BCUT2D eigenvalue weighted by Gasteiger charge is -2.24. The van der Waals surface area contributed by atoms with E-state index in [0.29, 0.717) is 24.1 Å². The number of hydrogen-bond acceptors (Lipinski definition) is 6. The maximum Gasteiger partial charge on any atom is 0.472 e. The third-order valence-corrected chi connectivity index (χ3v) is 9.94. The molecule has 57 heavy (non-hydrogen) atoms. The van der Waals surface area contributed by atoms with E-state index in [4.69, 9.17) is 18.5 Å². The molecule has 0 aromatic heterocycles. The summed E-state index contributed by atoms with van der Waals surface area (Å²) >= 11 is 0. The summed E-state index contributed by atoms with van der Waals surface area (Å²) in [5, 5.41) is 0. The van der Waals surface area contributed by atoms with Gasteiger partial charge >= 0.3 is 13.8 Å². The van der Waals surface area contributed by atoms with E-state index in [9.17, 15) is 14.3 Å². The smallest absolute Gasteiger partial charge is 0.457 e. The second-order valence-corrected chi connectivity index (χ2v) is 17.1. The van der Waals surface area contributed by atoms with Gasteiger partial charge in [-0.05, 0) is 83.5 Å². The predicted octanol–water partition coefficient (Wildman–Crippen LogP) is 13.3. The minimum Gasteiger partial charge on any atom is -0.457 e. The number of unbranched alkanes of at least 4 members (excludes halogenated alkanes) is 12. The summed E-state index contributed by atoms with van der Waals surface area (Å²) in [6.45, 7) is 5.32. The van der Waals surface area contributed by atoms with Gasteiger partial charge in [0.05, 0.1) is 34.4 Å². The molecule has 0 saturated carbocycles. The van der Waals surface area contributed by atoms with Crippen molar-refractivity contribution in [1.82, 2.24) is 0 Å². The molecule has 0 aliphatic heterocycles. The van der Waals surface area contributed by atoms with Crippen LogP contribution in [0.2, 0.25) is 0 Å². The van der Waals surface area contributed by atoms with E-state index in [1.807, 2.05) is 21.1 Å². The van der Waals surface area contributed by atoms with Crippen molar-refractivity contribution in [2.75, 3.05) is 54.1 Å². The van der Waals surface area contributed by atoms with Crippen LogP contribution in [0.15, 0.2) is 85.1 Å². The molecule has 8 nitrogen and oxygen atoms in total. The third-order valence-electron chi connectivity index (χ3n) is 8.95. The lowest BCUT2D eigenvalue weighted by atomic mass is 10.1. The Hall–Kier alpha value is -2.32. The van der Waals surface area contributed by atoms with Gasteiger partial charge in [-0.25, -0.2) is 4.57 Å². The highest BCUT2D eigenvalue weighted by molar-refractivity contribution is 7.47. The minimum absolute atomic E-state index is 0.0775. The molecule has 0 aromatic carbocycles. The zero-order chi connectivity index (χ0) is 42.0. The number of nitrogens with zero attached hydrogens (tertiary/aromatic N) is 1. The van der Waals surface area contributed by atoms with Gasteiger partial charge in [0, 0.05) is 13.0 Å². The van der Waals surface area contributed by atoms with Gasteiger partial charge in [0.2, 0.25) is 0 Å². The van der Waals surface area contributed by atoms with Crippen LogP contribution in [0.5, 0.6) is 0 Å².